The third-order valence-corrected chi connectivity index (χ3v) is 3.68. The van der Waals surface area contributed by atoms with Gasteiger partial charge in [-0.1, -0.05) is 19.3 Å². The molecular formula is C14H17N3O2. The van der Waals surface area contributed by atoms with Crippen molar-refractivity contribution in [3.05, 3.63) is 24.5 Å². The summed E-state index contributed by atoms with van der Waals surface area (Å²) in [5.41, 5.74) is 0.166. The molecule has 2 rings (SSSR count). The number of amides is 1. The minimum Gasteiger partial charge on any atom is -0.325 e. The number of rotatable bonds is 4. The first-order valence-electron chi connectivity index (χ1n) is 6.52. The summed E-state index contributed by atoms with van der Waals surface area (Å²) in [6.45, 7) is 0.230. The number of nitrogens with one attached hydrogen (secondary N) is 1. The second kappa shape index (κ2) is 6.25. The maximum Gasteiger partial charge on any atom is 0.234 e. The van der Waals surface area contributed by atoms with Crippen LogP contribution in [0, 0.1) is 5.41 Å². The van der Waals surface area contributed by atoms with Gasteiger partial charge in [-0.25, -0.2) is 9.79 Å². The van der Waals surface area contributed by atoms with Crippen LogP contribution in [0.4, 0.5) is 5.69 Å². The second-order valence-corrected chi connectivity index (χ2v) is 4.94. The smallest absolute Gasteiger partial charge is 0.234 e. The Morgan fingerprint density at radius 3 is 2.63 bits per heavy atom. The molecule has 0 saturated heterocycles. The van der Waals surface area contributed by atoms with E-state index in [1.54, 1.807) is 30.6 Å². The Hall–Kier alpha value is -2.00. The molecule has 1 amide bonds. The molecule has 1 aliphatic carbocycles. The molecule has 1 saturated carbocycles. The zero-order chi connectivity index (χ0) is 13.6. The maximum atomic E-state index is 12.5. The molecule has 1 fully saturated rings. The Morgan fingerprint density at radius 1 is 1.32 bits per heavy atom. The summed E-state index contributed by atoms with van der Waals surface area (Å²) in [7, 11) is 0. The average Bonchev–Trinajstić information content (AvgIpc) is 2.47. The van der Waals surface area contributed by atoms with Gasteiger partial charge >= 0.3 is 0 Å². The highest BCUT2D eigenvalue weighted by atomic mass is 16.2. The topological polar surface area (TPSA) is 71.4 Å². The van der Waals surface area contributed by atoms with Crippen LogP contribution in [0.15, 0.2) is 29.5 Å². The molecular weight excluding hydrogens is 242 g/mol. The van der Waals surface area contributed by atoms with E-state index in [0.29, 0.717) is 0 Å². The van der Waals surface area contributed by atoms with Crippen molar-refractivity contribution in [2.75, 3.05) is 11.9 Å². The van der Waals surface area contributed by atoms with Crippen LogP contribution in [0.25, 0.3) is 0 Å². The summed E-state index contributed by atoms with van der Waals surface area (Å²) < 4.78 is 0. The van der Waals surface area contributed by atoms with Crippen molar-refractivity contribution in [1.29, 1.82) is 0 Å². The molecule has 1 N–H and O–H groups in total. The number of aliphatic imine (C=N–C) groups is 1. The van der Waals surface area contributed by atoms with Crippen LogP contribution in [0.2, 0.25) is 0 Å². The molecule has 5 nitrogen and oxygen atoms in total. The predicted molar refractivity (Wildman–Crippen MR) is 71.4 cm³/mol. The Labute approximate surface area is 112 Å². The minimum absolute atomic E-state index is 0.0580. The van der Waals surface area contributed by atoms with Crippen LogP contribution in [-0.2, 0) is 9.59 Å². The molecule has 1 aromatic rings. The van der Waals surface area contributed by atoms with E-state index in [-0.39, 0.29) is 12.5 Å². The zero-order valence-electron chi connectivity index (χ0n) is 10.8. The highest BCUT2D eigenvalue weighted by Crippen LogP contribution is 2.37. The van der Waals surface area contributed by atoms with Crippen LogP contribution in [0.3, 0.4) is 0 Å². The zero-order valence-corrected chi connectivity index (χ0v) is 10.8. The van der Waals surface area contributed by atoms with E-state index in [1.165, 1.54) is 0 Å². The number of isocyanates is 1. The first-order valence-corrected chi connectivity index (χ1v) is 6.52. The van der Waals surface area contributed by atoms with E-state index in [1.807, 2.05) is 0 Å². The van der Waals surface area contributed by atoms with Gasteiger partial charge in [-0.05, 0) is 25.0 Å². The Morgan fingerprint density at radius 2 is 2.00 bits per heavy atom. The van der Waals surface area contributed by atoms with Crippen molar-refractivity contribution >= 4 is 17.7 Å². The first-order chi connectivity index (χ1) is 9.27. The number of aromatic nitrogens is 1. The minimum atomic E-state index is -0.557. The highest BCUT2D eigenvalue weighted by molar-refractivity contribution is 5.95. The van der Waals surface area contributed by atoms with Gasteiger partial charge in [-0.3, -0.25) is 9.78 Å². The second-order valence-electron chi connectivity index (χ2n) is 4.94. The third-order valence-electron chi connectivity index (χ3n) is 3.68. The summed E-state index contributed by atoms with van der Waals surface area (Å²) in [5.74, 6) is -0.0580. The first kappa shape index (κ1) is 13.4. The number of carbonyl (C=O) groups excluding carboxylic acids is 2. The SMILES string of the molecule is O=C=NCC1(C(=O)Nc2ccncc2)CCCCC1. The molecule has 0 aliphatic heterocycles. The maximum absolute atomic E-state index is 12.5. The van der Waals surface area contributed by atoms with E-state index in [2.05, 4.69) is 15.3 Å². The van der Waals surface area contributed by atoms with E-state index >= 15 is 0 Å². The largest absolute Gasteiger partial charge is 0.325 e. The summed E-state index contributed by atoms with van der Waals surface area (Å²) in [6, 6.07) is 3.49. The van der Waals surface area contributed by atoms with Gasteiger partial charge in [0.1, 0.15) is 0 Å². The number of hydrogen-bond acceptors (Lipinski definition) is 4. The molecule has 0 radical (unpaired) electrons. The summed E-state index contributed by atoms with van der Waals surface area (Å²) in [6.07, 6.45) is 9.48. The Bertz CT molecular complexity index is 475. The predicted octanol–water partition coefficient (Wildman–Crippen LogP) is 2.31. The number of carbonyl (C=O) groups is 1. The van der Waals surface area contributed by atoms with Gasteiger partial charge < -0.3 is 5.32 Å². The number of anilines is 1. The summed E-state index contributed by atoms with van der Waals surface area (Å²) >= 11 is 0. The summed E-state index contributed by atoms with van der Waals surface area (Å²) in [5, 5.41) is 2.89. The standard InChI is InChI=1S/C14H17N3O2/c18-11-16-10-14(6-2-1-3-7-14)13(19)17-12-4-8-15-9-5-12/h4-5,8-9H,1-3,6-7,10H2,(H,15,17,19). The summed E-state index contributed by atoms with van der Waals surface area (Å²) in [4.78, 5) is 30.4. The van der Waals surface area contributed by atoms with E-state index < -0.39 is 5.41 Å². The van der Waals surface area contributed by atoms with Crippen molar-refractivity contribution in [3.8, 4) is 0 Å². The van der Waals surface area contributed by atoms with Gasteiger partial charge in [-0.15, -0.1) is 0 Å². The molecule has 19 heavy (non-hydrogen) atoms. The van der Waals surface area contributed by atoms with Crippen LogP contribution in [0.5, 0.6) is 0 Å². The number of hydrogen-bond donors (Lipinski definition) is 1. The van der Waals surface area contributed by atoms with Crippen molar-refractivity contribution in [2.45, 2.75) is 32.1 Å². The fraction of sp³-hybridized carbons (Fsp3) is 0.500. The van der Waals surface area contributed by atoms with Gasteiger partial charge in [0.2, 0.25) is 12.0 Å². The quantitative estimate of drug-likeness (QED) is 0.666. The van der Waals surface area contributed by atoms with Crippen LogP contribution < -0.4 is 5.32 Å². The third kappa shape index (κ3) is 3.26. The van der Waals surface area contributed by atoms with E-state index in [9.17, 15) is 9.59 Å². The Kier molecular flexibility index (Phi) is 4.42. The lowest BCUT2D eigenvalue weighted by Crippen LogP contribution is -2.40. The van der Waals surface area contributed by atoms with Gasteiger partial charge in [0, 0.05) is 18.1 Å². The lowest BCUT2D eigenvalue weighted by Gasteiger charge is -2.34. The molecule has 0 spiro atoms. The number of nitrogens with zero attached hydrogens (tertiary/aromatic N) is 2. The fourth-order valence-electron chi connectivity index (χ4n) is 2.57. The fourth-order valence-corrected chi connectivity index (χ4v) is 2.57. The van der Waals surface area contributed by atoms with Crippen LogP contribution >= 0.6 is 0 Å². The van der Waals surface area contributed by atoms with Gasteiger partial charge in [0.25, 0.3) is 0 Å². The normalized spacial score (nSPS) is 17.3. The van der Waals surface area contributed by atoms with Crippen molar-refractivity contribution in [2.24, 2.45) is 10.4 Å². The molecule has 0 aromatic carbocycles. The lowest BCUT2D eigenvalue weighted by atomic mass is 9.73. The van der Waals surface area contributed by atoms with Crippen molar-refractivity contribution in [1.82, 2.24) is 4.98 Å². The van der Waals surface area contributed by atoms with E-state index in [4.69, 9.17) is 0 Å². The van der Waals surface area contributed by atoms with Gasteiger partial charge in [0.15, 0.2) is 0 Å². The van der Waals surface area contributed by atoms with Crippen LogP contribution in [0.1, 0.15) is 32.1 Å². The highest BCUT2D eigenvalue weighted by Gasteiger charge is 2.39. The van der Waals surface area contributed by atoms with Gasteiger partial charge in [0.05, 0.1) is 12.0 Å². The molecule has 100 valence electrons. The molecule has 0 atom stereocenters. The molecule has 0 unspecified atom stereocenters. The average molecular weight is 259 g/mol. The van der Waals surface area contributed by atoms with Crippen LogP contribution in [-0.4, -0.2) is 23.5 Å². The molecule has 1 aliphatic rings. The van der Waals surface area contributed by atoms with E-state index in [0.717, 1.165) is 37.8 Å². The van der Waals surface area contributed by atoms with Gasteiger partial charge in [-0.2, -0.15) is 0 Å². The molecule has 5 heteroatoms. The molecule has 1 aromatic heterocycles. The van der Waals surface area contributed by atoms with Crippen molar-refractivity contribution < 1.29 is 9.59 Å². The van der Waals surface area contributed by atoms with Crippen molar-refractivity contribution in [3.63, 3.8) is 0 Å². The molecule has 0 bridgehead atoms. The monoisotopic (exact) mass is 259 g/mol. The lowest BCUT2D eigenvalue weighted by molar-refractivity contribution is -0.126. The Balaban J connectivity index is 2.13. The molecule has 1 heterocycles. The number of pyridine rings is 1.